The van der Waals surface area contributed by atoms with E-state index in [1.54, 1.807) is 0 Å². The summed E-state index contributed by atoms with van der Waals surface area (Å²) < 4.78 is 1.87. The highest BCUT2D eigenvalue weighted by Crippen LogP contribution is 2.19. The molecule has 0 unspecified atom stereocenters. The molecule has 5 heteroatoms. The summed E-state index contributed by atoms with van der Waals surface area (Å²) in [6.07, 6.45) is 3.53. The third kappa shape index (κ3) is 5.95. The van der Waals surface area contributed by atoms with Crippen molar-refractivity contribution in [2.75, 3.05) is 0 Å². The van der Waals surface area contributed by atoms with Crippen LogP contribution in [-0.4, -0.2) is 22.3 Å². The molecule has 1 heterocycles. The standard InChI is InChI=1S/C29H29ClN2O2/c1-32-26-13-7-6-12-23(26)20-27(32)29(34)31-25(19-22-15-17-24(30)18-16-22)28(33)14-8-5-11-21-9-3-2-4-10-21/h2-4,6-7,9-10,12-13,15-18,20,25H,5,8,11,14,19H2,1H3,(H,31,34)/t25-/m0/s1. The minimum absolute atomic E-state index is 0.0510. The van der Waals surface area contributed by atoms with Crippen molar-refractivity contribution in [2.24, 2.45) is 7.05 Å². The van der Waals surface area contributed by atoms with Crippen molar-refractivity contribution < 1.29 is 9.59 Å². The molecule has 0 aliphatic heterocycles. The summed E-state index contributed by atoms with van der Waals surface area (Å²) in [5.41, 5.74) is 3.76. The zero-order valence-corrected chi connectivity index (χ0v) is 20.1. The molecule has 0 saturated carbocycles. The molecular formula is C29H29ClN2O2. The summed E-state index contributed by atoms with van der Waals surface area (Å²) in [6, 6.07) is 26.9. The Labute approximate surface area is 205 Å². The third-order valence-electron chi connectivity index (χ3n) is 6.21. The number of Topliss-reactive ketones (excluding diaryl/α,β-unsaturated/α-hetero) is 1. The molecule has 1 amide bonds. The second-order valence-corrected chi connectivity index (χ2v) is 9.10. The zero-order chi connectivity index (χ0) is 23.9. The molecule has 0 bridgehead atoms. The van der Waals surface area contributed by atoms with E-state index < -0.39 is 6.04 Å². The number of fused-ring (bicyclic) bond motifs is 1. The Morgan fingerprint density at radius 3 is 2.32 bits per heavy atom. The first kappa shape index (κ1) is 23.8. The number of ketones is 1. The molecule has 1 aromatic heterocycles. The minimum atomic E-state index is -0.594. The number of amides is 1. The molecule has 4 aromatic rings. The Kier molecular flexibility index (Phi) is 7.81. The maximum absolute atomic E-state index is 13.2. The van der Waals surface area contributed by atoms with Gasteiger partial charge in [0, 0.05) is 29.4 Å². The van der Waals surface area contributed by atoms with E-state index in [2.05, 4.69) is 17.4 Å². The van der Waals surface area contributed by atoms with Gasteiger partial charge in [-0.2, -0.15) is 0 Å². The van der Waals surface area contributed by atoms with Crippen LogP contribution >= 0.6 is 11.6 Å². The average molecular weight is 473 g/mol. The molecule has 0 radical (unpaired) electrons. The topological polar surface area (TPSA) is 51.1 Å². The van der Waals surface area contributed by atoms with E-state index in [0.717, 1.165) is 35.7 Å². The van der Waals surface area contributed by atoms with Crippen LogP contribution in [0, 0.1) is 0 Å². The number of aromatic nitrogens is 1. The number of carbonyl (C=O) groups is 2. The molecule has 3 aromatic carbocycles. The summed E-state index contributed by atoms with van der Waals surface area (Å²) in [5.74, 6) is -0.189. The first-order valence-corrected chi connectivity index (χ1v) is 12.1. The zero-order valence-electron chi connectivity index (χ0n) is 19.3. The van der Waals surface area contributed by atoms with Crippen molar-refractivity contribution in [3.05, 3.63) is 107 Å². The van der Waals surface area contributed by atoms with Gasteiger partial charge in [-0.25, -0.2) is 0 Å². The number of unbranched alkanes of at least 4 members (excludes halogenated alkanes) is 1. The molecule has 0 aliphatic rings. The first-order chi connectivity index (χ1) is 16.5. The maximum Gasteiger partial charge on any atom is 0.268 e. The van der Waals surface area contributed by atoms with Gasteiger partial charge in [0.1, 0.15) is 5.69 Å². The number of hydrogen-bond acceptors (Lipinski definition) is 2. The highest BCUT2D eigenvalue weighted by Gasteiger charge is 2.23. The number of carbonyl (C=O) groups excluding carboxylic acids is 2. The summed E-state index contributed by atoms with van der Waals surface area (Å²) in [4.78, 5) is 26.4. The Hall–Kier alpha value is -3.37. The number of halogens is 1. The number of hydrogen-bond donors (Lipinski definition) is 1. The van der Waals surface area contributed by atoms with Crippen molar-refractivity contribution >= 4 is 34.2 Å². The lowest BCUT2D eigenvalue weighted by Crippen LogP contribution is -2.43. The molecule has 174 valence electrons. The van der Waals surface area contributed by atoms with Crippen molar-refractivity contribution in [3.63, 3.8) is 0 Å². The van der Waals surface area contributed by atoms with E-state index in [9.17, 15) is 9.59 Å². The molecule has 0 saturated heterocycles. The molecule has 1 atom stereocenters. The van der Waals surface area contributed by atoms with Crippen molar-refractivity contribution in [1.29, 1.82) is 0 Å². The van der Waals surface area contributed by atoms with Crippen molar-refractivity contribution in [2.45, 2.75) is 38.1 Å². The Balaban J connectivity index is 1.45. The van der Waals surface area contributed by atoms with Crippen LogP contribution in [0.2, 0.25) is 5.02 Å². The number of para-hydroxylation sites is 1. The van der Waals surface area contributed by atoms with Crippen LogP contribution in [-0.2, 0) is 24.7 Å². The van der Waals surface area contributed by atoms with Gasteiger partial charge < -0.3 is 9.88 Å². The van der Waals surface area contributed by atoms with Gasteiger partial charge in [-0.3, -0.25) is 9.59 Å². The van der Waals surface area contributed by atoms with Gasteiger partial charge in [0.15, 0.2) is 5.78 Å². The Morgan fingerprint density at radius 2 is 1.59 bits per heavy atom. The normalized spacial score (nSPS) is 11.9. The third-order valence-corrected chi connectivity index (χ3v) is 6.46. The Bertz CT molecular complexity index is 1260. The van der Waals surface area contributed by atoms with E-state index in [4.69, 9.17) is 11.6 Å². The lowest BCUT2D eigenvalue weighted by atomic mass is 9.97. The van der Waals surface area contributed by atoms with Crippen LogP contribution in [0.15, 0.2) is 84.9 Å². The molecule has 0 aliphatic carbocycles. The van der Waals surface area contributed by atoms with Gasteiger partial charge in [0.05, 0.1) is 6.04 Å². The van der Waals surface area contributed by atoms with Gasteiger partial charge in [0.25, 0.3) is 5.91 Å². The van der Waals surface area contributed by atoms with E-state index >= 15 is 0 Å². The number of nitrogens with zero attached hydrogens (tertiary/aromatic N) is 1. The number of aryl methyl sites for hydroxylation is 2. The summed E-state index contributed by atoms with van der Waals surface area (Å²) in [7, 11) is 1.87. The second kappa shape index (κ2) is 11.2. The summed E-state index contributed by atoms with van der Waals surface area (Å²) in [5, 5.41) is 4.66. The lowest BCUT2D eigenvalue weighted by molar-refractivity contribution is -0.121. The SMILES string of the molecule is Cn1c(C(=O)N[C@@H](Cc2ccc(Cl)cc2)C(=O)CCCCc2ccccc2)cc2ccccc21. The monoisotopic (exact) mass is 472 g/mol. The van der Waals surface area contributed by atoms with Gasteiger partial charge >= 0.3 is 0 Å². The molecule has 4 nitrogen and oxygen atoms in total. The van der Waals surface area contributed by atoms with Crippen LogP contribution in [0.3, 0.4) is 0 Å². The molecule has 1 N–H and O–H groups in total. The maximum atomic E-state index is 13.2. The van der Waals surface area contributed by atoms with Crippen LogP contribution in [0.5, 0.6) is 0 Å². The predicted octanol–water partition coefficient (Wildman–Crippen LogP) is 6.15. The summed E-state index contributed by atoms with van der Waals surface area (Å²) in [6.45, 7) is 0. The number of nitrogens with one attached hydrogen (secondary N) is 1. The van der Waals surface area contributed by atoms with E-state index in [1.165, 1.54) is 5.56 Å². The highest BCUT2D eigenvalue weighted by atomic mass is 35.5. The van der Waals surface area contributed by atoms with Crippen LogP contribution in [0.1, 0.15) is 40.9 Å². The van der Waals surface area contributed by atoms with E-state index in [1.807, 2.05) is 84.4 Å². The fourth-order valence-corrected chi connectivity index (χ4v) is 4.41. The van der Waals surface area contributed by atoms with Crippen LogP contribution in [0.4, 0.5) is 0 Å². The fourth-order valence-electron chi connectivity index (χ4n) is 4.29. The van der Waals surface area contributed by atoms with Gasteiger partial charge in [-0.15, -0.1) is 0 Å². The largest absolute Gasteiger partial charge is 0.341 e. The smallest absolute Gasteiger partial charge is 0.268 e. The number of benzene rings is 3. The van der Waals surface area contributed by atoms with E-state index in [0.29, 0.717) is 23.6 Å². The van der Waals surface area contributed by atoms with Crippen molar-refractivity contribution in [3.8, 4) is 0 Å². The molecule has 4 rings (SSSR count). The van der Waals surface area contributed by atoms with Gasteiger partial charge in [-0.05, 0) is 61.1 Å². The lowest BCUT2D eigenvalue weighted by Gasteiger charge is -2.18. The van der Waals surface area contributed by atoms with Crippen LogP contribution in [0.25, 0.3) is 10.9 Å². The fraction of sp³-hybridized carbons (Fsp3) is 0.241. The quantitative estimate of drug-likeness (QED) is 0.281. The highest BCUT2D eigenvalue weighted by molar-refractivity contribution is 6.30. The van der Waals surface area contributed by atoms with E-state index in [-0.39, 0.29) is 11.7 Å². The molecule has 0 spiro atoms. The minimum Gasteiger partial charge on any atom is -0.341 e. The van der Waals surface area contributed by atoms with Gasteiger partial charge in [0.2, 0.25) is 0 Å². The first-order valence-electron chi connectivity index (χ1n) is 11.7. The summed E-state index contributed by atoms with van der Waals surface area (Å²) >= 11 is 6.03. The predicted molar refractivity (Wildman–Crippen MR) is 138 cm³/mol. The molecule has 0 fully saturated rings. The second-order valence-electron chi connectivity index (χ2n) is 8.66. The molecule has 34 heavy (non-hydrogen) atoms. The van der Waals surface area contributed by atoms with Crippen molar-refractivity contribution in [1.82, 2.24) is 9.88 Å². The van der Waals surface area contributed by atoms with Gasteiger partial charge in [-0.1, -0.05) is 72.3 Å². The molecular weight excluding hydrogens is 444 g/mol. The number of rotatable bonds is 10. The van der Waals surface area contributed by atoms with Crippen LogP contribution < -0.4 is 5.32 Å². The average Bonchev–Trinajstić information content (AvgIpc) is 3.20. The Morgan fingerprint density at radius 1 is 0.882 bits per heavy atom.